The first-order valence-electron chi connectivity index (χ1n) is 33.9. The van der Waals surface area contributed by atoms with Gasteiger partial charge in [0.25, 0.3) is 0 Å². The van der Waals surface area contributed by atoms with Crippen molar-refractivity contribution in [3.63, 3.8) is 0 Å². The predicted molar refractivity (Wildman–Crippen MR) is 379 cm³/mol. The number of esters is 9. The summed E-state index contributed by atoms with van der Waals surface area (Å²) in [6, 6.07) is 3.71. The van der Waals surface area contributed by atoms with E-state index < -0.39 is 367 Å². The van der Waals surface area contributed by atoms with Gasteiger partial charge in [-0.25, -0.2) is 43.2 Å². The van der Waals surface area contributed by atoms with Gasteiger partial charge in [-0.2, -0.15) is 0 Å². The molecule has 28 N–H and O–H groups in total. The Kier molecular flexibility index (Phi) is 20.6. The van der Waals surface area contributed by atoms with Gasteiger partial charge in [-0.1, -0.05) is 0 Å². The molecule has 13 rings (SSSR count). The molecule has 4 aliphatic heterocycles. The lowest BCUT2D eigenvalue weighted by Gasteiger charge is -2.44. The third-order valence-electron chi connectivity index (χ3n) is 19.3. The van der Waals surface area contributed by atoms with Gasteiger partial charge in [0.05, 0.1) is 56.0 Å². The Morgan fingerprint density at radius 2 is 0.639 bits per heavy atom. The quantitative estimate of drug-likeness (QED) is 0.0448. The zero-order chi connectivity index (χ0) is 89.2. The Labute approximate surface area is 670 Å². The fourth-order valence-corrected chi connectivity index (χ4v) is 13.6. The molecule has 10 atom stereocenters. The van der Waals surface area contributed by atoms with E-state index in [1.165, 1.54) is 0 Å². The molecule has 47 heteroatoms. The molecule has 0 aliphatic carbocycles. The van der Waals surface area contributed by atoms with Crippen molar-refractivity contribution in [3.05, 3.63) is 134 Å². The molecule has 636 valence electrons. The number of ether oxygens (including phenoxy) is 10. The molecule has 0 amide bonds. The average molecular weight is 1710 g/mol. The minimum Gasteiger partial charge on any atom is -0.504 e. The summed E-state index contributed by atoms with van der Waals surface area (Å²) in [7, 11) is 0. The lowest BCUT2D eigenvalue weighted by molar-refractivity contribution is -0.282. The lowest BCUT2D eigenvalue weighted by Crippen LogP contribution is -2.63. The van der Waals surface area contributed by atoms with Crippen molar-refractivity contribution in [1.29, 1.82) is 0 Å². The monoisotopic (exact) mass is 1710 g/mol. The second-order valence-corrected chi connectivity index (χ2v) is 26.7. The Morgan fingerprint density at radius 3 is 1.08 bits per heavy atom. The number of aromatic hydroxyl groups is 27. The highest BCUT2D eigenvalue weighted by Crippen LogP contribution is 2.62. The summed E-state index contributed by atoms with van der Waals surface area (Å²) in [5.41, 5.74) is -20.6. The standard InChI is InChI=1S/C75H54O47/c76-23-1-15(2-24(77)45(23)89)66(104)114-14-36-61(117-67(105)16-3-25(78)46(90)26(79)4-16)64(119-68(106)17-5-27(80)47(91)28(81)6-17)65(75(115-36)122-69(107)18-7-29(82)48(92)30(83)8-18)121-73(111)22-12-34(87)52(96)56(100)40(22)43-42-44-41(57(101)59(103)58(42)102)39-21(11-33(86)51(95)55(39)99)72(110)120-63(62(43)118-74(44)112)60-35(88)13-113-70(108)19-9-31(84)49(93)53(97)37(19)38-20(71(109)116-60)10-32(85)50(94)54(38)98/h1-12,35-36,43,60-65,75-103H,13-14H2/t35-,36-,43+,60-,61-,62+,63+,64+,65-,75+/m1/s1. The van der Waals surface area contributed by atoms with Crippen molar-refractivity contribution in [2.45, 2.75) is 61.0 Å². The molecule has 2 bridgehead atoms. The van der Waals surface area contributed by atoms with Crippen LogP contribution in [0, 0.1) is 0 Å². The number of carbonyl (C=O) groups excluding carboxylic acids is 9. The zero-order valence-corrected chi connectivity index (χ0v) is 59.9. The van der Waals surface area contributed by atoms with Gasteiger partial charge in [0, 0.05) is 33.4 Å². The highest BCUT2D eigenvalue weighted by Gasteiger charge is 2.59. The maximum absolute atomic E-state index is 16.3. The van der Waals surface area contributed by atoms with Gasteiger partial charge in [-0.3, -0.25) is 0 Å². The van der Waals surface area contributed by atoms with Crippen molar-refractivity contribution in [1.82, 2.24) is 0 Å². The van der Waals surface area contributed by atoms with Gasteiger partial charge >= 0.3 is 53.7 Å². The molecule has 4 aliphatic rings. The number of carbonyl (C=O) groups is 9. The van der Waals surface area contributed by atoms with E-state index in [1.807, 2.05) is 0 Å². The van der Waals surface area contributed by atoms with E-state index in [0.717, 1.165) is 0 Å². The average Bonchev–Trinajstić information content (AvgIpc) is 0.730. The van der Waals surface area contributed by atoms with Gasteiger partial charge in [0.2, 0.25) is 41.1 Å². The van der Waals surface area contributed by atoms with Gasteiger partial charge < -0.3 is 190 Å². The van der Waals surface area contributed by atoms with Crippen LogP contribution in [0.3, 0.4) is 0 Å². The third kappa shape index (κ3) is 13.9. The van der Waals surface area contributed by atoms with Crippen LogP contribution in [0.5, 0.6) is 155 Å². The number of fused-ring (bicyclic) bond motifs is 7. The fraction of sp³-hybridized carbons (Fsp3) is 0.160. The Hall–Kier alpha value is -17.3. The summed E-state index contributed by atoms with van der Waals surface area (Å²) < 4.78 is 57.3. The summed E-state index contributed by atoms with van der Waals surface area (Å²) in [4.78, 5) is 135. The highest BCUT2D eigenvalue weighted by molar-refractivity contribution is 6.12. The Morgan fingerprint density at radius 1 is 0.303 bits per heavy atom. The van der Waals surface area contributed by atoms with Crippen molar-refractivity contribution in [2.75, 3.05) is 13.2 Å². The number of phenolic OH excluding ortho intramolecular Hbond substituents is 27. The molecule has 0 saturated carbocycles. The first-order valence-corrected chi connectivity index (χ1v) is 33.9. The number of benzene rings is 9. The number of phenols is 27. The van der Waals surface area contributed by atoms with Crippen molar-refractivity contribution in [3.8, 4) is 177 Å². The molecule has 0 unspecified atom stereocenters. The SMILES string of the molecule is O=C(OC[C@H]1O[C@@H](OC(=O)c2cc(O)c(O)c(O)c2)[C@H](OC(=O)c2cc(O)c(O)c(O)c2[C@H]2c3c(O)c(O)c(O)c4c3C(=O)O[C@@H]2[C@H]([C@@H]2OC(=O)c3cc(O)c(O)c(O)c3-c3c(cc(O)c(O)c3O)C(=O)OC[C@H]2O)OC(=O)c2cc(O)c(O)c(O)c2-4)[C@@H](OC(=O)c2cc(O)c(O)c(O)c2)[C@@H]1OC(=O)c1cc(O)c(O)c(O)c1)c1cc(O)c(O)c(O)c1. The molecule has 9 aromatic rings. The summed E-state index contributed by atoms with van der Waals surface area (Å²) in [5.74, 6) is -63.4. The molecular formula is C75H54O47. The van der Waals surface area contributed by atoms with Crippen LogP contribution in [-0.4, -0.2) is 265 Å². The molecule has 0 spiro atoms. The Bertz CT molecular complexity index is 5990. The molecule has 122 heavy (non-hydrogen) atoms. The van der Waals surface area contributed by atoms with Crippen molar-refractivity contribution < 1.29 is 234 Å². The van der Waals surface area contributed by atoms with E-state index in [4.69, 9.17) is 47.4 Å². The largest absolute Gasteiger partial charge is 0.504 e. The second kappa shape index (κ2) is 30.4. The van der Waals surface area contributed by atoms with Crippen LogP contribution in [0.1, 0.15) is 110 Å². The fourth-order valence-electron chi connectivity index (χ4n) is 13.6. The van der Waals surface area contributed by atoms with Gasteiger partial charge in [0.15, 0.2) is 157 Å². The number of rotatable bonds is 13. The zero-order valence-electron chi connectivity index (χ0n) is 59.9. The van der Waals surface area contributed by atoms with E-state index >= 15 is 19.2 Å². The minimum atomic E-state index is -3.32. The second-order valence-electron chi connectivity index (χ2n) is 26.7. The maximum Gasteiger partial charge on any atom is 0.340 e. The van der Waals surface area contributed by atoms with E-state index in [0.29, 0.717) is 54.6 Å². The van der Waals surface area contributed by atoms with Crippen LogP contribution in [0.4, 0.5) is 0 Å². The molecular weight excluding hydrogens is 1650 g/mol. The summed E-state index contributed by atoms with van der Waals surface area (Å²) in [6.45, 7) is -3.37. The van der Waals surface area contributed by atoms with E-state index in [9.17, 15) is 167 Å². The van der Waals surface area contributed by atoms with Gasteiger partial charge in [0.1, 0.15) is 25.4 Å². The molecule has 1 fully saturated rings. The van der Waals surface area contributed by atoms with E-state index in [-0.39, 0.29) is 18.2 Å². The predicted octanol–water partition coefficient (Wildman–Crippen LogP) is 2.45. The first-order chi connectivity index (χ1) is 57.3. The number of hydrogen-bond acceptors (Lipinski definition) is 47. The van der Waals surface area contributed by atoms with Crippen LogP contribution < -0.4 is 0 Å². The number of cyclic esters (lactones) is 3. The molecule has 9 aromatic carbocycles. The topological polar surface area (TPSA) is 812 Å². The summed E-state index contributed by atoms with van der Waals surface area (Å²) in [6.07, 6.45) is -27.9. The number of hydrogen-bond donors (Lipinski definition) is 28. The summed E-state index contributed by atoms with van der Waals surface area (Å²) >= 11 is 0. The van der Waals surface area contributed by atoms with E-state index in [1.54, 1.807) is 0 Å². The summed E-state index contributed by atoms with van der Waals surface area (Å²) in [5, 5.41) is 311. The third-order valence-corrected chi connectivity index (χ3v) is 19.3. The van der Waals surface area contributed by atoms with Crippen LogP contribution >= 0.6 is 0 Å². The molecule has 4 heterocycles. The van der Waals surface area contributed by atoms with Crippen molar-refractivity contribution in [2.24, 2.45) is 0 Å². The van der Waals surface area contributed by atoms with Gasteiger partial charge in [-0.15, -0.1) is 0 Å². The maximum atomic E-state index is 16.3. The smallest absolute Gasteiger partial charge is 0.340 e. The van der Waals surface area contributed by atoms with Crippen LogP contribution in [0.15, 0.2) is 72.8 Å². The highest BCUT2D eigenvalue weighted by atomic mass is 16.8. The normalized spacial score (nSPS) is 19.7. The molecule has 0 aromatic heterocycles. The molecule has 47 nitrogen and oxygen atoms in total. The number of aliphatic hydroxyl groups excluding tert-OH is 1. The van der Waals surface area contributed by atoms with E-state index in [2.05, 4.69) is 0 Å². The van der Waals surface area contributed by atoms with Crippen LogP contribution in [0.25, 0.3) is 22.3 Å². The number of aliphatic hydroxyl groups is 1. The first kappa shape index (κ1) is 82.7. The molecule has 0 radical (unpaired) electrons. The van der Waals surface area contributed by atoms with Gasteiger partial charge in [-0.05, 0) is 72.8 Å². The lowest BCUT2D eigenvalue weighted by atomic mass is 9.73. The molecule has 1 saturated heterocycles. The van der Waals surface area contributed by atoms with Crippen molar-refractivity contribution >= 4 is 53.7 Å². The van der Waals surface area contributed by atoms with Crippen LogP contribution in [0.2, 0.25) is 0 Å². The minimum absolute atomic E-state index is 0.000366. The Balaban J connectivity index is 1.07. The van der Waals surface area contributed by atoms with Crippen LogP contribution in [-0.2, 0) is 47.4 Å².